The molecule has 7 heteroatoms. The fourth-order valence-electron chi connectivity index (χ4n) is 1.76. The number of nitrogens with two attached hydrogens (primary N) is 1. The number of nitrogens with zero attached hydrogens (tertiary/aromatic N) is 1. The maximum absolute atomic E-state index is 11.6. The van der Waals surface area contributed by atoms with Gasteiger partial charge >= 0.3 is 11.8 Å². The molecule has 0 aromatic rings. The predicted molar refractivity (Wildman–Crippen MR) is 58.6 cm³/mol. The van der Waals surface area contributed by atoms with Crippen LogP contribution in [0.5, 0.6) is 0 Å². The van der Waals surface area contributed by atoms with Gasteiger partial charge in [-0.05, 0) is 12.8 Å². The molecule has 0 aromatic heterocycles. The summed E-state index contributed by atoms with van der Waals surface area (Å²) in [5, 5.41) is 10.8. The van der Waals surface area contributed by atoms with Crippen molar-refractivity contribution in [1.82, 2.24) is 10.2 Å². The minimum absolute atomic E-state index is 0.0579. The molecule has 1 heterocycles. The SMILES string of the molecule is NC(=O)C1CCN(C(=O)C(=O)NCCO)CC1. The summed E-state index contributed by atoms with van der Waals surface area (Å²) in [5.41, 5.74) is 5.16. The van der Waals surface area contributed by atoms with Crippen LogP contribution in [-0.2, 0) is 14.4 Å². The van der Waals surface area contributed by atoms with E-state index in [2.05, 4.69) is 5.32 Å². The highest BCUT2D eigenvalue weighted by Gasteiger charge is 2.28. The molecular formula is C10H17N3O4. The maximum atomic E-state index is 11.6. The van der Waals surface area contributed by atoms with Crippen molar-refractivity contribution in [1.29, 1.82) is 0 Å². The standard InChI is InChI=1S/C10H17N3O4/c11-8(15)7-1-4-13(5-2-7)10(17)9(16)12-3-6-14/h7,14H,1-6H2,(H2,11,15)(H,12,16). The third-order valence-electron chi connectivity index (χ3n) is 2.78. The third kappa shape index (κ3) is 3.70. The fourth-order valence-corrected chi connectivity index (χ4v) is 1.76. The number of aliphatic hydroxyl groups is 1. The average Bonchev–Trinajstić information content (AvgIpc) is 2.35. The largest absolute Gasteiger partial charge is 0.395 e. The summed E-state index contributed by atoms with van der Waals surface area (Å²) >= 11 is 0. The van der Waals surface area contributed by atoms with Crippen LogP contribution in [0, 0.1) is 5.92 Å². The summed E-state index contributed by atoms with van der Waals surface area (Å²) in [6.07, 6.45) is 0.989. The molecule has 3 amide bonds. The van der Waals surface area contributed by atoms with Gasteiger partial charge in [-0.2, -0.15) is 0 Å². The molecule has 0 radical (unpaired) electrons. The number of rotatable bonds is 3. The van der Waals surface area contributed by atoms with Crippen molar-refractivity contribution >= 4 is 17.7 Å². The van der Waals surface area contributed by atoms with Crippen molar-refractivity contribution in [2.75, 3.05) is 26.2 Å². The minimum Gasteiger partial charge on any atom is -0.395 e. The van der Waals surface area contributed by atoms with E-state index in [9.17, 15) is 14.4 Å². The molecule has 0 spiro atoms. The van der Waals surface area contributed by atoms with Crippen molar-refractivity contribution in [3.63, 3.8) is 0 Å². The molecule has 96 valence electrons. The first-order valence-corrected chi connectivity index (χ1v) is 5.53. The highest BCUT2D eigenvalue weighted by Crippen LogP contribution is 2.16. The van der Waals surface area contributed by atoms with Crippen LogP contribution >= 0.6 is 0 Å². The lowest BCUT2D eigenvalue weighted by atomic mass is 9.96. The molecule has 0 aromatic carbocycles. The van der Waals surface area contributed by atoms with E-state index in [0.29, 0.717) is 25.9 Å². The number of piperidine rings is 1. The smallest absolute Gasteiger partial charge is 0.311 e. The van der Waals surface area contributed by atoms with Crippen molar-refractivity contribution in [2.24, 2.45) is 11.7 Å². The molecule has 1 aliphatic heterocycles. The van der Waals surface area contributed by atoms with E-state index in [1.54, 1.807) is 0 Å². The zero-order valence-corrected chi connectivity index (χ0v) is 9.52. The number of carbonyl (C=O) groups excluding carboxylic acids is 3. The third-order valence-corrected chi connectivity index (χ3v) is 2.78. The highest BCUT2D eigenvalue weighted by atomic mass is 16.3. The molecule has 4 N–H and O–H groups in total. The number of aliphatic hydroxyl groups excluding tert-OH is 1. The number of hydrogen-bond acceptors (Lipinski definition) is 4. The summed E-state index contributed by atoms with van der Waals surface area (Å²) < 4.78 is 0. The number of hydrogen-bond donors (Lipinski definition) is 3. The van der Waals surface area contributed by atoms with E-state index in [1.807, 2.05) is 0 Å². The van der Waals surface area contributed by atoms with E-state index in [4.69, 9.17) is 10.8 Å². The Hall–Kier alpha value is -1.63. The number of amides is 3. The Morgan fingerprint density at radius 1 is 1.29 bits per heavy atom. The van der Waals surface area contributed by atoms with E-state index in [0.717, 1.165) is 0 Å². The number of primary amides is 1. The van der Waals surface area contributed by atoms with Gasteiger partial charge in [-0.3, -0.25) is 14.4 Å². The topological polar surface area (TPSA) is 113 Å². The second-order valence-corrected chi connectivity index (χ2v) is 3.95. The van der Waals surface area contributed by atoms with Crippen LogP contribution in [-0.4, -0.2) is 54.0 Å². The van der Waals surface area contributed by atoms with Gasteiger partial charge in [0.15, 0.2) is 0 Å². The first-order valence-electron chi connectivity index (χ1n) is 5.53. The summed E-state index contributed by atoms with van der Waals surface area (Å²) in [7, 11) is 0. The number of nitrogens with one attached hydrogen (secondary N) is 1. The van der Waals surface area contributed by atoms with Crippen molar-refractivity contribution in [3.8, 4) is 0 Å². The molecule has 0 aliphatic carbocycles. The van der Waals surface area contributed by atoms with E-state index in [-0.39, 0.29) is 25.0 Å². The van der Waals surface area contributed by atoms with Gasteiger partial charge in [-0.15, -0.1) is 0 Å². The van der Waals surface area contributed by atoms with Crippen LogP contribution in [0.4, 0.5) is 0 Å². The lowest BCUT2D eigenvalue weighted by Gasteiger charge is -2.29. The first kappa shape index (κ1) is 13.4. The Morgan fingerprint density at radius 2 is 1.88 bits per heavy atom. The van der Waals surface area contributed by atoms with Crippen LogP contribution in [0.15, 0.2) is 0 Å². The summed E-state index contributed by atoms with van der Waals surface area (Å²) in [4.78, 5) is 35.2. The first-order chi connectivity index (χ1) is 8.06. The van der Waals surface area contributed by atoms with Gasteiger partial charge in [0, 0.05) is 25.6 Å². The zero-order valence-electron chi connectivity index (χ0n) is 9.52. The Morgan fingerprint density at radius 3 is 2.35 bits per heavy atom. The zero-order chi connectivity index (χ0) is 12.8. The molecule has 0 atom stereocenters. The lowest BCUT2D eigenvalue weighted by Crippen LogP contribution is -2.48. The molecule has 0 saturated carbocycles. The summed E-state index contributed by atoms with van der Waals surface area (Å²) in [6, 6.07) is 0. The quantitative estimate of drug-likeness (QED) is 0.489. The summed E-state index contributed by atoms with van der Waals surface area (Å²) in [5.74, 6) is -1.92. The monoisotopic (exact) mass is 243 g/mol. The van der Waals surface area contributed by atoms with Crippen molar-refractivity contribution in [2.45, 2.75) is 12.8 Å². The van der Waals surface area contributed by atoms with Gasteiger partial charge in [0.1, 0.15) is 0 Å². The van der Waals surface area contributed by atoms with Gasteiger partial charge < -0.3 is 21.1 Å². The second kappa shape index (κ2) is 6.19. The van der Waals surface area contributed by atoms with Crippen LogP contribution in [0.2, 0.25) is 0 Å². The van der Waals surface area contributed by atoms with E-state index < -0.39 is 11.8 Å². The van der Waals surface area contributed by atoms with Crippen molar-refractivity contribution in [3.05, 3.63) is 0 Å². The van der Waals surface area contributed by atoms with Crippen LogP contribution in [0.3, 0.4) is 0 Å². The van der Waals surface area contributed by atoms with Gasteiger partial charge in [0.05, 0.1) is 6.61 Å². The number of carbonyl (C=O) groups is 3. The van der Waals surface area contributed by atoms with E-state index >= 15 is 0 Å². The fraction of sp³-hybridized carbons (Fsp3) is 0.700. The van der Waals surface area contributed by atoms with Crippen LogP contribution in [0.1, 0.15) is 12.8 Å². The molecule has 17 heavy (non-hydrogen) atoms. The minimum atomic E-state index is -0.725. The highest BCUT2D eigenvalue weighted by molar-refractivity contribution is 6.35. The van der Waals surface area contributed by atoms with Crippen molar-refractivity contribution < 1.29 is 19.5 Å². The van der Waals surface area contributed by atoms with E-state index in [1.165, 1.54) is 4.90 Å². The molecular weight excluding hydrogens is 226 g/mol. The molecule has 0 unspecified atom stereocenters. The normalized spacial score (nSPS) is 16.6. The van der Waals surface area contributed by atoms with Gasteiger partial charge in [0.2, 0.25) is 5.91 Å². The van der Waals surface area contributed by atoms with Crippen LogP contribution in [0.25, 0.3) is 0 Å². The molecule has 7 nitrogen and oxygen atoms in total. The Labute approximate surface area is 98.9 Å². The Kier molecular flexibility index (Phi) is 4.89. The van der Waals surface area contributed by atoms with Crippen LogP contribution < -0.4 is 11.1 Å². The predicted octanol–water partition coefficient (Wildman–Crippen LogP) is -2.18. The molecule has 0 bridgehead atoms. The Bertz CT molecular complexity index is 311. The molecule has 1 fully saturated rings. The molecule has 1 rings (SSSR count). The van der Waals surface area contributed by atoms with Gasteiger partial charge in [-0.1, -0.05) is 0 Å². The van der Waals surface area contributed by atoms with Gasteiger partial charge in [0.25, 0.3) is 0 Å². The van der Waals surface area contributed by atoms with Gasteiger partial charge in [-0.25, -0.2) is 0 Å². The molecule has 1 saturated heterocycles. The maximum Gasteiger partial charge on any atom is 0.311 e. The molecule has 1 aliphatic rings. The second-order valence-electron chi connectivity index (χ2n) is 3.95. The summed E-state index contributed by atoms with van der Waals surface area (Å²) in [6.45, 7) is 0.572. The average molecular weight is 243 g/mol. The number of likely N-dealkylation sites (tertiary alicyclic amines) is 1. The Balaban J connectivity index is 2.40. The lowest BCUT2D eigenvalue weighted by molar-refractivity contribution is -0.147.